The van der Waals surface area contributed by atoms with Crippen LogP contribution in [0.3, 0.4) is 0 Å². The van der Waals surface area contributed by atoms with Crippen molar-refractivity contribution in [3.8, 4) is 6.01 Å². The van der Waals surface area contributed by atoms with E-state index in [1.807, 2.05) is 19.1 Å². The molecule has 2 aliphatic heterocycles. The molecule has 5 heterocycles. The molecule has 0 bridgehead atoms. The molecule has 12 nitrogen and oxygen atoms in total. The second-order valence-electron chi connectivity index (χ2n) is 9.24. The Morgan fingerprint density at radius 2 is 2.14 bits per heavy atom. The summed E-state index contributed by atoms with van der Waals surface area (Å²) < 4.78 is 16.6. The topological polar surface area (TPSA) is 140 Å². The van der Waals surface area contributed by atoms with Crippen LogP contribution in [0, 0.1) is 0 Å². The molecule has 0 radical (unpaired) electrons. The molecule has 2 aliphatic rings. The Bertz CT molecular complexity index is 1170. The van der Waals surface area contributed by atoms with Gasteiger partial charge in [-0.1, -0.05) is 0 Å². The van der Waals surface area contributed by atoms with E-state index in [2.05, 4.69) is 40.3 Å². The van der Waals surface area contributed by atoms with Gasteiger partial charge in [0.2, 0.25) is 11.8 Å². The summed E-state index contributed by atoms with van der Waals surface area (Å²) in [6.07, 6.45) is 5.19. The third kappa shape index (κ3) is 5.54. The molecule has 2 fully saturated rings. The second-order valence-corrected chi connectivity index (χ2v) is 9.24. The van der Waals surface area contributed by atoms with Gasteiger partial charge in [0.05, 0.1) is 18.4 Å². The predicted molar refractivity (Wildman–Crippen MR) is 131 cm³/mol. The normalized spacial score (nSPS) is 19.5. The number of nitrogens with one attached hydrogen (secondary N) is 2. The molecule has 3 aromatic heterocycles. The first kappa shape index (κ1) is 24.3. The fourth-order valence-corrected chi connectivity index (χ4v) is 4.72. The molecule has 5 rings (SSSR count). The number of pyridine rings is 1. The van der Waals surface area contributed by atoms with E-state index in [1.54, 1.807) is 13.3 Å². The van der Waals surface area contributed by atoms with E-state index in [9.17, 15) is 4.79 Å². The zero-order valence-corrected chi connectivity index (χ0v) is 20.6. The maximum Gasteiger partial charge on any atom is 0.322 e. The largest absolute Gasteiger partial charge is 0.458 e. The van der Waals surface area contributed by atoms with Crippen LogP contribution in [0.25, 0.3) is 11.0 Å². The van der Waals surface area contributed by atoms with Crippen molar-refractivity contribution < 1.29 is 19.0 Å². The number of carbonyl (C=O) groups is 1. The molecule has 0 unspecified atom stereocenters. The summed E-state index contributed by atoms with van der Waals surface area (Å²) >= 11 is 0. The number of carbonyl (C=O) groups excluding carboxylic acids is 1. The van der Waals surface area contributed by atoms with Crippen molar-refractivity contribution in [3.63, 3.8) is 0 Å². The minimum Gasteiger partial charge on any atom is -0.458 e. The zero-order valence-electron chi connectivity index (χ0n) is 20.6. The number of amides is 1. The molecule has 36 heavy (non-hydrogen) atoms. The van der Waals surface area contributed by atoms with E-state index in [1.165, 1.54) is 0 Å². The highest BCUT2D eigenvalue weighted by Gasteiger charge is 2.27. The van der Waals surface area contributed by atoms with E-state index in [0.717, 1.165) is 49.0 Å². The fraction of sp³-hybridized carbons (Fsp3) is 0.583. The van der Waals surface area contributed by atoms with Crippen molar-refractivity contribution in [1.29, 1.82) is 0 Å². The van der Waals surface area contributed by atoms with Crippen LogP contribution in [0.5, 0.6) is 6.01 Å². The molecule has 0 aromatic carbocycles. The summed E-state index contributed by atoms with van der Waals surface area (Å²) in [5, 5.41) is 11.5. The highest BCUT2D eigenvalue weighted by atomic mass is 16.5. The Morgan fingerprint density at radius 1 is 1.28 bits per heavy atom. The van der Waals surface area contributed by atoms with E-state index < -0.39 is 0 Å². The minimum absolute atomic E-state index is 0.0278. The Kier molecular flexibility index (Phi) is 7.52. The molecule has 0 spiro atoms. The van der Waals surface area contributed by atoms with Crippen LogP contribution in [0.1, 0.15) is 54.8 Å². The first-order valence-electron chi connectivity index (χ1n) is 12.5. The number of nitrogens with zero attached hydrogens (tertiary/aromatic N) is 6. The fourth-order valence-electron chi connectivity index (χ4n) is 4.72. The highest BCUT2D eigenvalue weighted by Crippen LogP contribution is 2.32. The smallest absolute Gasteiger partial charge is 0.322 e. The Labute approximate surface area is 209 Å². The monoisotopic (exact) mass is 496 g/mol. The van der Waals surface area contributed by atoms with Crippen LogP contribution < -0.4 is 15.0 Å². The number of anilines is 1. The van der Waals surface area contributed by atoms with Crippen LogP contribution in [0.15, 0.2) is 18.3 Å². The lowest BCUT2D eigenvalue weighted by Gasteiger charge is -2.31. The molecular weight excluding hydrogens is 464 g/mol. The Morgan fingerprint density at radius 3 is 2.92 bits per heavy atom. The van der Waals surface area contributed by atoms with Gasteiger partial charge < -0.3 is 24.4 Å². The Balaban J connectivity index is 1.30. The van der Waals surface area contributed by atoms with Gasteiger partial charge in [0.25, 0.3) is 5.91 Å². The van der Waals surface area contributed by atoms with Crippen molar-refractivity contribution in [2.75, 3.05) is 44.9 Å². The van der Waals surface area contributed by atoms with Crippen molar-refractivity contribution in [2.45, 2.75) is 50.7 Å². The molecule has 1 amide bonds. The summed E-state index contributed by atoms with van der Waals surface area (Å²) in [6.45, 7) is 4.82. The third-order valence-electron chi connectivity index (χ3n) is 6.56. The molecule has 12 heteroatoms. The van der Waals surface area contributed by atoms with Gasteiger partial charge in [-0.25, -0.2) is 4.98 Å². The number of hydrogen-bond acceptors (Lipinski definition) is 10. The van der Waals surface area contributed by atoms with Crippen LogP contribution in [-0.2, 0) is 9.47 Å². The lowest BCUT2D eigenvalue weighted by Crippen LogP contribution is -2.36. The number of piperidine rings is 1. The summed E-state index contributed by atoms with van der Waals surface area (Å²) in [5.41, 5.74) is 1.85. The lowest BCUT2D eigenvalue weighted by atomic mass is 9.92. The maximum atomic E-state index is 12.9. The van der Waals surface area contributed by atoms with Crippen LogP contribution >= 0.6 is 0 Å². The number of rotatable bonds is 9. The summed E-state index contributed by atoms with van der Waals surface area (Å²) in [6, 6.07) is 4.09. The highest BCUT2D eigenvalue weighted by molar-refractivity contribution is 5.90. The second kappa shape index (κ2) is 11.1. The number of methoxy groups -OCH3 is 1. The molecule has 2 N–H and O–H groups in total. The van der Waals surface area contributed by atoms with Crippen molar-refractivity contribution in [2.24, 2.45) is 0 Å². The first-order chi connectivity index (χ1) is 17.6. The van der Waals surface area contributed by atoms with Gasteiger partial charge in [-0.2, -0.15) is 20.1 Å². The van der Waals surface area contributed by atoms with Gasteiger partial charge in [0, 0.05) is 50.9 Å². The maximum absolute atomic E-state index is 12.9. The average Bonchev–Trinajstić information content (AvgIpc) is 3.57. The van der Waals surface area contributed by atoms with Crippen LogP contribution in [-0.4, -0.2) is 88.2 Å². The number of aromatic amines is 1. The van der Waals surface area contributed by atoms with E-state index in [4.69, 9.17) is 14.2 Å². The Hall–Kier alpha value is -3.38. The third-order valence-corrected chi connectivity index (χ3v) is 6.56. The van der Waals surface area contributed by atoms with Crippen molar-refractivity contribution in [1.82, 2.24) is 35.5 Å². The summed E-state index contributed by atoms with van der Waals surface area (Å²) in [7, 11) is 1.60. The predicted octanol–water partition coefficient (Wildman–Crippen LogP) is 1.85. The van der Waals surface area contributed by atoms with E-state index >= 15 is 0 Å². The molecule has 0 saturated carbocycles. The lowest BCUT2D eigenvalue weighted by molar-refractivity contribution is 0.0815. The van der Waals surface area contributed by atoms with Gasteiger partial charge in [-0.15, -0.1) is 0 Å². The van der Waals surface area contributed by atoms with E-state index in [-0.39, 0.29) is 29.9 Å². The molecule has 0 aliphatic carbocycles. The van der Waals surface area contributed by atoms with Crippen LogP contribution in [0.4, 0.5) is 5.95 Å². The molecule has 3 aromatic rings. The summed E-state index contributed by atoms with van der Waals surface area (Å²) in [4.78, 5) is 32.6. The van der Waals surface area contributed by atoms with Gasteiger partial charge in [-0.3, -0.25) is 9.89 Å². The van der Waals surface area contributed by atoms with Crippen molar-refractivity contribution in [3.05, 3.63) is 29.8 Å². The SMILES string of the molecule is COC[C@@H](C)Oc1nc(C(=O)NC[C@@H]2CCCO2)nc(N2CCC(c3n[nH]c4ncccc34)CC2)n1. The molecular formula is C24H32N8O4. The average molecular weight is 497 g/mol. The van der Waals surface area contributed by atoms with E-state index in [0.29, 0.717) is 38.1 Å². The van der Waals surface area contributed by atoms with Gasteiger partial charge in [0.15, 0.2) is 5.65 Å². The molecule has 2 saturated heterocycles. The summed E-state index contributed by atoms with van der Waals surface area (Å²) in [5.74, 6) is 0.388. The molecule has 2 atom stereocenters. The number of H-pyrrole nitrogens is 1. The quantitative estimate of drug-likeness (QED) is 0.451. The number of hydrogen-bond donors (Lipinski definition) is 2. The number of aromatic nitrogens is 6. The standard InChI is InChI=1S/C24H32N8O4/c1-15(14-34-2)36-24-28-21(22(33)26-13-17-5-4-12-35-17)27-23(29-24)32-10-7-16(8-11-32)19-18-6-3-9-25-20(18)31-30-19/h3,6,9,15-17H,4-5,7-8,10-14H2,1-2H3,(H,26,33)(H,25,30,31)/t15-,17+/m1/s1. The first-order valence-corrected chi connectivity index (χ1v) is 12.5. The van der Waals surface area contributed by atoms with Crippen molar-refractivity contribution >= 4 is 22.9 Å². The molecule has 192 valence electrons. The number of ether oxygens (including phenoxy) is 3. The van der Waals surface area contributed by atoms with Gasteiger partial charge >= 0.3 is 6.01 Å². The van der Waals surface area contributed by atoms with Crippen LogP contribution in [0.2, 0.25) is 0 Å². The minimum atomic E-state index is -0.372. The zero-order chi connectivity index (χ0) is 24.9. The van der Waals surface area contributed by atoms with Gasteiger partial charge in [0.1, 0.15) is 6.10 Å². The van der Waals surface area contributed by atoms with Gasteiger partial charge in [-0.05, 0) is 44.7 Å². The number of fused-ring (bicyclic) bond motifs is 1.